The van der Waals surface area contributed by atoms with Crippen LogP contribution < -0.4 is 11.1 Å². The van der Waals surface area contributed by atoms with Crippen LogP contribution in [0.2, 0.25) is 0 Å². The minimum absolute atomic E-state index is 0.166. The van der Waals surface area contributed by atoms with Crippen molar-refractivity contribution in [1.29, 1.82) is 0 Å². The van der Waals surface area contributed by atoms with Crippen molar-refractivity contribution in [2.24, 2.45) is 0 Å². The predicted octanol–water partition coefficient (Wildman–Crippen LogP) is 3.42. The van der Waals surface area contributed by atoms with Gasteiger partial charge < -0.3 is 16.2 Å². The average Bonchev–Trinajstić information content (AvgIpc) is 2.93. The summed E-state index contributed by atoms with van der Waals surface area (Å²) in [5.41, 5.74) is 5.46. The van der Waals surface area contributed by atoms with Gasteiger partial charge in [0.1, 0.15) is 4.70 Å². The number of thiazole rings is 1. The molecule has 0 aliphatic heterocycles. The number of halogens is 2. The molecule has 0 bridgehead atoms. The fraction of sp³-hybridized carbons (Fsp3) is 0.312. The fourth-order valence-corrected chi connectivity index (χ4v) is 3.66. The smallest absolute Gasteiger partial charge is 0.191 e. The quantitative estimate of drug-likeness (QED) is 0.433. The van der Waals surface area contributed by atoms with E-state index >= 15 is 0 Å². The standard InChI is InChI=1S/C16H17F2N5OS2/c1-16(2,24)7-20-12-11-13(21-14(19)26-11)23-15(22-12)25-6-8-4-3-5-9(17)10(8)18/h3-5,24H,6-7H2,1-2H3,(H3,19,20,21,22,23). The van der Waals surface area contributed by atoms with Crippen molar-refractivity contribution >= 4 is 44.4 Å². The lowest BCUT2D eigenvalue weighted by atomic mass is 10.1. The van der Waals surface area contributed by atoms with Gasteiger partial charge in [-0.1, -0.05) is 35.2 Å². The highest BCUT2D eigenvalue weighted by Crippen LogP contribution is 2.32. The maximum Gasteiger partial charge on any atom is 0.191 e. The minimum Gasteiger partial charge on any atom is -0.389 e. The Morgan fingerprint density at radius 3 is 2.77 bits per heavy atom. The van der Waals surface area contributed by atoms with Gasteiger partial charge in [0.05, 0.1) is 5.60 Å². The number of benzene rings is 1. The second-order valence-corrected chi connectivity index (χ2v) is 8.20. The van der Waals surface area contributed by atoms with E-state index in [9.17, 15) is 13.9 Å². The number of thioether (sulfide) groups is 1. The van der Waals surface area contributed by atoms with E-state index in [1.165, 1.54) is 23.5 Å². The van der Waals surface area contributed by atoms with Gasteiger partial charge in [-0.3, -0.25) is 0 Å². The van der Waals surface area contributed by atoms with E-state index in [1.807, 2.05) is 0 Å². The summed E-state index contributed by atoms with van der Waals surface area (Å²) in [5, 5.41) is 13.7. The molecule has 0 saturated carbocycles. The molecule has 0 unspecified atom stereocenters. The van der Waals surface area contributed by atoms with Gasteiger partial charge in [-0.25, -0.2) is 23.7 Å². The number of anilines is 2. The molecule has 138 valence electrons. The number of hydrogen-bond acceptors (Lipinski definition) is 8. The van der Waals surface area contributed by atoms with Gasteiger partial charge >= 0.3 is 0 Å². The van der Waals surface area contributed by atoms with Crippen LogP contribution in [0.5, 0.6) is 0 Å². The van der Waals surface area contributed by atoms with Gasteiger partial charge in [0.15, 0.2) is 33.4 Å². The van der Waals surface area contributed by atoms with Crippen LogP contribution in [-0.2, 0) is 5.75 Å². The highest BCUT2D eigenvalue weighted by molar-refractivity contribution is 7.98. The van der Waals surface area contributed by atoms with Gasteiger partial charge in [-0.15, -0.1) is 0 Å². The normalized spacial score (nSPS) is 11.9. The van der Waals surface area contributed by atoms with Gasteiger partial charge in [0, 0.05) is 17.9 Å². The van der Waals surface area contributed by atoms with E-state index in [0.717, 1.165) is 17.8 Å². The van der Waals surface area contributed by atoms with Crippen molar-refractivity contribution in [3.05, 3.63) is 35.4 Å². The van der Waals surface area contributed by atoms with Crippen molar-refractivity contribution in [3.8, 4) is 0 Å². The van der Waals surface area contributed by atoms with Crippen molar-refractivity contribution in [1.82, 2.24) is 15.0 Å². The monoisotopic (exact) mass is 397 g/mol. The molecule has 0 aliphatic rings. The zero-order valence-electron chi connectivity index (χ0n) is 14.1. The van der Waals surface area contributed by atoms with Crippen LogP contribution in [0, 0.1) is 11.6 Å². The lowest BCUT2D eigenvalue weighted by molar-refractivity contribution is 0.0944. The molecule has 3 rings (SSSR count). The third-order valence-electron chi connectivity index (χ3n) is 3.33. The molecule has 4 N–H and O–H groups in total. The Morgan fingerprint density at radius 1 is 1.27 bits per heavy atom. The topological polar surface area (TPSA) is 97.0 Å². The maximum absolute atomic E-state index is 13.8. The molecule has 10 heteroatoms. The first kappa shape index (κ1) is 18.7. The molecule has 6 nitrogen and oxygen atoms in total. The predicted molar refractivity (Wildman–Crippen MR) is 100 cm³/mol. The summed E-state index contributed by atoms with van der Waals surface area (Å²) in [6.45, 7) is 3.60. The average molecular weight is 397 g/mol. The summed E-state index contributed by atoms with van der Waals surface area (Å²) < 4.78 is 27.8. The molecular formula is C16H17F2N5OS2. The molecule has 0 saturated heterocycles. The molecule has 2 heterocycles. The summed E-state index contributed by atoms with van der Waals surface area (Å²) in [6.07, 6.45) is 0. The summed E-state index contributed by atoms with van der Waals surface area (Å²) in [7, 11) is 0. The second-order valence-electron chi connectivity index (χ2n) is 6.23. The highest BCUT2D eigenvalue weighted by Gasteiger charge is 2.17. The van der Waals surface area contributed by atoms with Crippen LogP contribution in [0.15, 0.2) is 23.4 Å². The Balaban J connectivity index is 1.87. The Labute approximate surface area is 156 Å². The van der Waals surface area contributed by atoms with Gasteiger partial charge in [0.2, 0.25) is 0 Å². The molecule has 1 aromatic carbocycles. The van der Waals surface area contributed by atoms with Gasteiger partial charge in [0.25, 0.3) is 0 Å². The number of rotatable bonds is 6. The summed E-state index contributed by atoms with van der Waals surface area (Å²) >= 11 is 2.40. The van der Waals surface area contributed by atoms with E-state index < -0.39 is 17.2 Å². The number of fused-ring (bicyclic) bond motifs is 1. The Bertz CT molecular complexity index is 942. The van der Waals surface area contributed by atoms with Crippen LogP contribution in [0.3, 0.4) is 0 Å². The first-order valence-corrected chi connectivity index (χ1v) is 9.49. The summed E-state index contributed by atoms with van der Waals surface area (Å²) in [5.74, 6) is -1.10. The number of hydrogen-bond donors (Lipinski definition) is 3. The van der Waals surface area contributed by atoms with Crippen molar-refractivity contribution in [2.45, 2.75) is 30.4 Å². The van der Waals surface area contributed by atoms with Crippen molar-refractivity contribution in [3.63, 3.8) is 0 Å². The Kier molecular flexibility index (Phi) is 5.26. The van der Waals surface area contributed by atoms with Crippen LogP contribution in [0.25, 0.3) is 10.3 Å². The lowest BCUT2D eigenvalue weighted by Gasteiger charge is -2.18. The van der Waals surface area contributed by atoms with E-state index in [0.29, 0.717) is 26.5 Å². The first-order chi connectivity index (χ1) is 12.2. The summed E-state index contributed by atoms with van der Waals surface area (Å²) in [6, 6.07) is 4.04. The van der Waals surface area contributed by atoms with Crippen LogP contribution in [0.4, 0.5) is 19.7 Å². The Hall–Kier alpha value is -2.04. The summed E-state index contributed by atoms with van der Waals surface area (Å²) in [4.78, 5) is 12.9. The van der Waals surface area contributed by atoms with E-state index in [1.54, 1.807) is 13.8 Å². The van der Waals surface area contributed by atoms with Crippen molar-refractivity contribution in [2.75, 3.05) is 17.6 Å². The van der Waals surface area contributed by atoms with Gasteiger partial charge in [-0.05, 0) is 19.9 Å². The van der Waals surface area contributed by atoms with Crippen LogP contribution >= 0.6 is 23.1 Å². The molecule has 0 spiro atoms. The first-order valence-electron chi connectivity index (χ1n) is 7.69. The zero-order chi connectivity index (χ0) is 18.9. The van der Waals surface area contributed by atoms with Crippen LogP contribution in [-0.4, -0.2) is 32.2 Å². The SMILES string of the molecule is CC(C)(O)CNc1nc(SCc2cccc(F)c2F)nc2nc(N)sc12. The third kappa shape index (κ3) is 4.37. The second kappa shape index (κ2) is 7.29. The molecule has 3 aromatic rings. The zero-order valence-corrected chi connectivity index (χ0v) is 15.7. The molecule has 0 radical (unpaired) electrons. The number of nitrogen functional groups attached to an aromatic ring is 1. The van der Waals surface area contributed by atoms with E-state index in [4.69, 9.17) is 5.73 Å². The number of nitrogens with zero attached hydrogens (tertiary/aromatic N) is 3. The third-order valence-corrected chi connectivity index (χ3v) is 5.10. The molecule has 0 fully saturated rings. The lowest BCUT2D eigenvalue weighted by Crippen LogP contribution is -2.29. The van der Waals surface area contributed by atoms with Gasteiger partial charge in [-0.2, -0.15) is 0 Å². The van der Waals surface area contributed by atoms with Crippen molar-refractivity contribution < 1.29 is 13.9 Å². The fourth-order valence-electron chi connectivity index (χ4n) is 2.11. The number of nitrogens with one attached hydrogen (secondary N) is 1. The number of aromatic nitrogens is 3. The maximum atomic E-state index is 13.8. The molecule has 0 amide bonds. The number of nitrogens with two attached hydrogens (primary N) is 1. The van der Waals surface area contributed by atoms with E-state index in [2.05, 4.69) is 20.3 Å². The highest BCUT2D eigenvalue weighted by atomic mass is 32.2. The molecule has 2 aromatic heterocycles. The molecule has 0 atom stereocenters. The van der Waals surface area contributed by atoms with E-state index in [-0.39, 0.29) is 17.9 Å². The van der Waals surface area contributed by atoms with Crippen LogP contribution in [0.1, 0.15) is 19.4 Å². The minimum atomic E-state index is -0.939. The number of aliphatic hydroxyl groups is 1. The Morgan fingerprint density at radius 2 is 2.04 bits per heavy atom. The molecule has 0 aliphatic carbocycles. The molecular weight excluding hydrogens is 380 g/mol. The molecule has 26 heavy (non-hydrogen) atoms. The largest absolute Gasteiger partial charge is 0.389 e.